The molecule has 5 heteroatoms. The number of pyridine rings is 1. The van der Waals surface area contributed by atoms with Crippen molar-refractivity contribution in [2.24, 2.45) is 11.5 Å². The lowest BCUT2D eigenvalue weighted by Gasteiger charge is -2.10. The summed E-state index contributed by atoms with van der Waals surface area (Å²) in [5.41, 5.74) is 15.3. The number of aromatic nitrogens is 1. The van der Waals surface area contributed by atoms with Gasteiger partial charge in [0.15, 0.2) is 0 Å². The van der Waals surface area contributed by atoms with Crippen molar-refractivity contribution >= 4 is 5.91 Å². The number of ether oxygens (including phenoxy) is 1. The Balaban J connectivity index is 0.000000246. The molecule has 138 valence electrons. The van der Waals surface area contributed by atoms with Crippen LogP contribution in [0.2, 0.25) is 0 Å². The molecule has 0 aliphatic heterocycles. The van der Waals surface area contributed by atoms with Crippen LogP contribution in [0.15, 0.2) is 66.9 Å². The molecule has 1 atom stereocenters. The lowest BCUT2D eigenvalue weighted by atomic mass is 10.0. The maximum Gasteiger partial charge on any atom is 0.250 e. The Kier molecular flexibility index (Phi) is 5.84. The number of hydrogen-bond acceptors (Lipinski definition) is 4. The van der Waals surface area contributed by atoms with Crippen LogP contribution in [0, 0.1) is 0 Å². The molecule has 0 fully saturated rings. The molecule has 1 aliphatic rings. The van der Waals surface area contributed by atoms with Crippen molar-refractivity contribution in [1.29, 1.82) is 0 Å². The highest BCUT2D eigenvalue weighted by Gasteiger charge is 2.12. The maximum absolute atomic E-state index is 10.9. The first-order chi connectivity index (χ1) is 13.1. The molecule has 4 N–H and O–H groups in total. The Morgan fingerprint density at radius 3 is 2.22 bits per heavy atom. The topological polar surface area (TPSA) is 91.2 Å². The predicted molar refractivity (Wildman–Crippen MR) is 106 cm³/mol. The summed E-state index contributed by atoms with van der Waals surface area (Å²) in [6.45, 7) is 2.68. The molecule has 0 radical (unpaired) electrons. The zero-order valence-corrected chi connectivity index (χ0v) is 15.3. The number of primary amides is 1. The second-order valence-corrected chi connectivity index (χ2v) is 6.50. The second-order valence-electron chi connectivity index (χ2n) is 6.50. The van der Waals surface area contributed by atoms with Crippen LogP contribution in [-0.4, -0.2) is 17.4 Å². The fourth-order valence-electron chi connectivity index (χ4n) is 2.54. The van der Waals surface area contributed by atoms with E-state index in [1.165, 1.54) is 23.7 Å². The third-order valence-corrected chi connectivity index (χ3v) is 4.42. The molecule has 3 aromatic rings. The van der Waals surface area contributed by atoms with Crippen LogP contribution in [-0.2, 0) is 6.42 Å². The van der Waals surface area contributed by atoms with E-state index in [2.05, 4.69) is 36.2 Å². The van der Waals surface area contributed by atoms with Crippen LogP contribution < -0.4 is 16.2 Å². The molecule has 0 saturated heterocycles. The summed E-state index contributed by atoms with van der Waals surface area (Å²) in [7, 11) is 0. The minimum atomic E-state index is -0.510. The van der Waals surface area contributed by atoms with Gasteiger partial charge in [0.1, 0.15) is 5.75 Å². The first kappa shape index (κ1) is 18.6. The fraction of sp³-hybridized carbons (Fsp3) is 0.182. The summed E-state index contributed by atoms with van der Waals surface area (Å²) in [5, 5.41) is 0. The van der Waals surface area contributed by atoms with E-state index in [1.807, 2.05) is 24.3 Å². The molecule has 1 aliphatic carbocycles. The van der Waals surface area contributed by atoms with Crippen molar-refractivity contribution in [3.05, 3.63) is 89.1 Å². The maximum atomic E-state index is 10.9. The van der Waals surface area contributed by atoms with Crippen LogP contribution >= 0.6 is 0 Å². The smallest absolute Gasteiger partial charge is 0.250 e. The van der Waals surface area contributed by atoms with Gasteiger partial charge in [0, 0.05) is 12.3 Å². The number of rotatable bonds is 5. The molecule has 1 unspecified atom stereocenters. The van der Waals surface area contributed by atoms with Gasteiger partial charge in [0.05, 0.1) is 5.56 Å². The first-order valence-electron chi connectivity index (χ1n) is 8.87. The Hall–Kier alpha value is -3.18. The van der Waals surface area contributed by atoms with Crippen molar-refractivity contribution in [2.75, 3.05) is 6.54 Å². The SMILES string of the molecule is CC(CN)c1ccc(Oc2ccc(C(N)=O)cn2)cc1.c1ccc2c(c1)C2. The number of carbonyl (C=O) groups excluding carboxylic acids is 1. The monoisotopic (exact) mass is 361 g/mol. The van der Waals surface area contributed by atoms with E-state index in [1.54, 1.807) is 12.1 Å². The van der Waals surface area contributed by atoms with Crippen LogP contribution in [0.25, 0.3) is 0 Å². The molecule has 0 saturated carbocycles. The predicted octanol–water partition coefficient (Wildman–Crippen LogP) is 3.63. The van der Waals surface area contributed by atoms with Crippen molar-refractivity contribution < 1.29 is 9.53 Å². The highest BCUT2D eigenvalue weighted by atomic mass is 16.5. The summed E-state index contributed by atoms with van der Waals surface area (Å²) >= 11 is 0. The van der Waals surface area contributed by atoms with E-state index in [0.29, 0.717) is 29.7 Å². The van der Waals surface area contributed by atoms with Gasteiger partial charge in [-0.15, -0.1) is 0 Å². The number of benzene rings is 2. The van der Waals surface area contributed by atoms with Crippen molar-refractivity contribution in [3.8, 4) is 11.6 Å². The van der Waals surface area contributed by atoms with Gasteiger partial charge in [-0.25, -0.2) is 4.98 Å². The summed E-state index contributed by atoms with van der Waals surface area (Å²) < 4.78 is 5.59. The molecule has 1 aromatic heterocycles. The largest absolute Gasteiger partial charge is 0.439 e. The molecular weight excluding hydrogens is 338 g/mol. The summed E-state index contributed by atoms with van der Waals surface area (Å²) in [5.74, 6) is 0.896. The molecule has 27 heavy (non-hydrogen) atoms. The number of hydrogen-bond donors (Lipinski definition) is 2. The Labute approximate surface area is 159 Å². The van der Waals surface area contributed by atoms with E-state index >= 15 is 0 Å². The number of carbonyl (C=O) groups is 1. The number of fused-ring (bicyclic) bond motifs is 1. The Morgan fingerprint density at radius 1 is 1.07 bits per heavy atom. The minimum Gasteiger partial charge on any atom is -0.439 e. The number of nitrogens with two attached hydrogens (primary N) is 2. The molecule has 2 aromatic carbocycles. The molecule has 0 spiro atoms. The number of nitrogens with zero attached hydrogens (tertiary/aromatic N) is 1. The quantitative estimate of drug-likeness (QED) is 0.568. The summed E-state index contributed by atoms with van der Waals surface area (Å²) in [6.07, 6.45) is 2.63. The molecule has 1 amide bonds. The third-order valence-electron chi connectivity index (χ3n) is 4.42. The minimum absolute atomic E-state index is 0.317. The van der Waals surface area contributed by atoms with E-state index in [-0.39, 0.29) is 0 Å². The van der Waals surface area contributed by atoms with Crippen LogP contribution in [0.3, 0.4) is 0 Å². The number of amides is 1. The van der Waals surface area contributed by atoms with Crippen molar-refractivity contribution in [2.45, 2.75) is 19.3 Å². The molecule has 4 rings (SSSR count). The van der Waals surface area contributed by atoms with Crippen molar-refractivity contribution in [3.63, 3.8) is 0 Å². The summed E-state index contributed by atoms with van der Waals surface area (Å²) in [4.78, 5) is 15.0. The van der Waals surface area contributed by atoms with Gasteiger partial charge in [0.25, 0.3) is 0 Å². The highest BCUT2D eigenvalue weighted by Crippen LogP contribution is 2.25. The van der Waals surface area contributed by atoms with Crippen molar-refractivity contribution in [1.82, 2.24) is 4.98 Å². The first-order valence-corrected chi connectivity index (χ1v) is 8.87. The Morgan fingerprint density at radius 2 is 1.74 bits per heavy atom. The zero-order chi connectivity index (χ0) is 19.2. The Bertz CT molecular complexity index is 885. The average Bonchev–Trinajstić information content (AvgIpc) is 3.49. The van der Waals surface area contributed by atoms with E-state index < -0.39 is 5.91 Å². The van der Waals surface area contributed by atoms with E-state index in [4.69, 9.17) is 16.2 Å². The van der Waals surface area contributed by atoms with Crippen LogP contribution in [0.5, 0.6) is 11.6 Å². The van der Waals surface area contributed by atoms with Gasteiger partial charge in [-0.05, 0) is 53.8 Å². The van der Waals surface area contributed by atoms with Crippen LogP contribution in [0.4, 0.5) is 0 Å². The molecule has 0 bridgehead atoms. The fourth-order valence-corrected chi connectivity index (χ4v) is 2.54. The second kappa shape index (κ2) is 8.47. The van der Waals surface area contributed by atoms with Gasteiger partial charge in [-0.1, -0.05) is 43.3 Å². The third kappa shape index (κ3) is 5.15. The highest BCUT2D eigenvalue weighted by molar-refractivity contribution is 5.92. The standard InChI is InChI=1S/C15H17N3O2.C7H6/c1-10(8-16)11-2-5-13(6-3-11)20-14-7-4-12(9-18-14)15(17)19;1-2-4-7-5-6(7)3-1/h2-7,9-10H,8,16H2,1H3,(H2,17,19);1-4H,5H2. The molecular formula is C22H23N3O2. The lowest BCUT2D eigenvalue weighted by molar-refractivity contribution is 0.1000. The van der Waals surface area contributed by atoms with Gasteiger partial charge in [-0.2, -0.15) is 0 Å². The van der Waals surface area contributed by atoms with Crippen LogP contribution in [0.1, 0.15) is 39.9 Å². The van der Waals surface area contributed by atoms with Gasteiger partial charge in [-0.3, -0.25) is 4.79 Å². The molecule has 5 nitrogen and oxygen atoms in total. The summed E-state index contributed by atoms with van der Waals surface area (Å²) in [6, 6.07) is 19.4. The lowest BCUT2D eigenvalue weighted by Crippen LogP contribution is -2.10. The van der Waals surface area contributed by atoms with Gasteiger partial charge in [0.2, 0.25) is 11.8 Å². The normalized spacial score (nSPS) is 12.2. The van der Waals surface area contributed by atoms with Gasteiger partial charge >= 0.3 is 0 Å². The van der Waals surface area contributed by atoms with E-state index in [9.17, 15) is 4.79 Å². The molecule has 1 heterocycles. The zero-order valence-electron chi connectivity index (χ0n) is 15.3. The van der Waals surface area contributed by atoms with E-state index in [0.717, 1.165) is 5.56 Å². The van der Waals surface area contributed by atoms with Gasteiger partial charge < -0.3 is 16.2 Å². The average molecular weight is 361 g/mol.